The molecule has 27 heavy (non-hydrogen) atoms. The number of carbonyl (C=O) groups is 2. The fraction of sp³-hybridized carbons (Fsp3) is 0.700. The maximum Gasteiger partial charge on any atom is 0.332 e. The lowest BCUT2D eigenvalue weighted by molar-refractivity contribution is -0.137. The van der Waals surface area contributed by atoms with Crippen LogP contribution >= 0.6 is 0 Å². The highest BCUT2D eigenvalue weighted by Gasteiger charge is 2.35. The molecule has 0 fully saturated rings. The van der Waals surface area contributed by atoms with Crippen LogP contribution in [0.5, 0.6) is 0 Å². The van der Waals surface area contributed by atoms with Crippen LogP contribution in [0.25, 0.3) is 0 Å². The Hall–Kier alpha value is -1.19. The van der Waals surface area contributed by atoms with Gasteiger partial charge in [-0.05, 0) is 40.0 Å². The molecule has 0 N–H and O–H groups in total. The topological polar surface area (TPSA) is 61.8 Å². The second-order valence-corrected chi connectivity index (χ2v) is 14.8. The Bertz CT molecular complexity index is 404. The maximum absolute atomic E-state index is 11.4. The third-order valence-corrected chi connectivity index (χ3v) is 8.45. The molecule has 7 heteroatoms. The Morgan fingerprint density at radius 2 is 0.889 bits per heavy atom. The summed E-state index contributed by atoms with van der Waals surface area (Å²) in [6, 6.07) is 0. The van der Waals surface area contributed by atoms with Crippen molar-refractivity contribution < 1.29 is 23.2 Å². The van der Waals surface area contributed by atoms with Gasteiger partial charge in [0.1, 0.15) is 12.5 Å². The number of rotatable bonds is 8. The van der Waals surface area contributed by atoms with Crippen molar-refractivity contribution in [3.8, 4) is 0 Å². The van der Waals surface area contributed by atoms with Crippen LogP contribution in [0.3, 0.4) is 0 Å². The molecule has 0 saturated carbocycles. The Morgan fingerprint density at radius 1 is 0.667 bits per heavy atom. The molecule has 0 saturated heterocycles. The zero-order chi connectivity index (χ0) is 16.8. The van der Waals surface area contributed by atoms with Crippen molar-refractivity contribution in [2.45, 2.75) is 84.6 Å². The van der Waals surface area contributed by atoms with E-state index in [0.717, 1.165) is 0 Å². The molecule has 0 aliphatic rings. The molecule has 0 aromatic rings. The number of hydrogen-bond acceptors (Lipinski definition) is 5. The van der Waals surface area contributed by atoms with Crippen LogP contribution < -0.4 is 0 Å². The van der Waals surface area contributed by atoms with Crippen molar-refractivity contribution in [3.05, 3.63) is 24.3 Å². The van der Waals surface area contributed by atoms with E-state index in [-0.39, 0.29) is 57.0 Å². The van der Waals surface area contributed by atoms with Crippen LogP contribution in [0.2, 0.25) is 26.2 Å². The third-order valence-electron chi connectivity index (χ3n) is 2.35. The van der Waals surface area contributed by atoms with Gasteiger partial charge in [0, 0.05) is 11.1 Å². The predicted molar refractivity (Wildman–Crippen MR) is 128 cm³/mol. The van der Waals surface area contributed by atoms with Gasteiger partial charge in [0.2, 0.25) is 16.6 Å². The Labute approximate surface area is 173 Å². The minimum Gasteiger partial charge on any atom is -0.463 e. The van der Waals surface area contributed by atoms with Crippen LogP contribution in [-0.2, 0) is 23.2 Å². The smallest absolute Gasteiger partial charge is 0.332 e. The largest absolute Gasteiger partial charge is 0.463 e. The molecule has 0 aliphatic heterocycles. The molecule has 5 nitrogen and oxygen atoms in total. The van der Waals surface area contributed by atoms with Crippen molar-refractivity contribution in [2.75, 3.05) is 12.5 Å². The number of ether oxygens (including phenoxy) is 2. The van der Waals surface area contributed by atoms with E-state index in [1.807, 2.05) is 26.2 Å². The minimum atomic E-state index is -2.18. The standard InChI is InChI=1S/C14H26O5Si2.6CH4/c1-11(2)13(15)17-9-20(5,6)19-21(7,8)10-18-14(16)12(3)4;;;;;;/h1,3,9-10H2,2,4-8H3;6*1H4. The number of hydrogen-bond donors (Lipinski definition) is 0. The minimum absolute atomic E-state index is 0. The van der Waals surface area contributed by atoms with Gasteiger partial charge in [0.25, 0.3) is 0 Å². The van der Waals surface area contributed by atoms with Gasteiger partial charge in [-0.25, -0.2) is 9.59 Å². The van der Waals surface area contributed by atoms with Crippen molar-refractivity contribution in [1.82, 2.24) is 0 Å². The first-order valence-corrected chi connectivity index (χ1v) is 12.9. The summed E-state index contributed by atoms with van der Waals surface area (Å²) in [7, 11) is -4.37. The highest BCUT2D eigenvalue weighted by Crippen LogP contribution is 2.16. The lowest BCUT2D eigenvalue weighted by Gasteiger charge is -2.33. The summed E-state index contributed by atoms with van der Waals surface area (Å²) in [5.74, 6) is -0.820. The van der Waals surface area contributed by atoms with Gasteiger partial charge in [0.05, 0.1) is 0 Å². The van der Waals surface area contributed by atoms with Crippen LogP contribution in [0, 0.1) is 0 Å². The van der Waals surface area contributed by atoms with Gasteiger partial charge in [-0.1, -0.05) is 57.7 Å². The SMILES string of the molecule is C.C.C.C.C.C.C=C(C)C(=O)OC[Si](C)(C)O[Si](C)(C)COC(=O)C(=C)C. The number of carbonyl (C=O) groups excluding carboxylic acids is 2. The van der Waals surface area contributed by atoms with Gasteiger partial charge in [-0.3, -0.25) is 0 Å². The van der Waals surface area contributed by atoms with E-state index in [4.69, 9.17) is 13.6 Å². The molecule has 0 amide bonds. The lowest BCUT2D eigenvalue weighted by atomic mass is 10.4. The second kappa shape index (κ2) is 18.2. The van der Waals surface area contributed by atoms with Gasteiger partial charge in [0.15, 0.2) is 0 Å². The summed E-state index contributed by atoms with van der Waals surface area (Å²) in [5, 5.41) is 0. The molecule has 0 aromatic carbocycles. The maximum atomic E-state index is 11.4. The molecule has 0 spiro atoms. The first-order chi connectivity index (χ1) is 9.36. The summed E-state index contributed by atoms with van der Waals surface area (Å²) in [6.45, 7) is 18.2. The van der Waals surface area contributed by atoms with Gasteiger partial charge in [-0.2, -0.15) is 0 Å². The molecule has 0 radical (unpaired) electrons. The summed E-state index contributed by atoms with van der Waals surface area (Å²) in [6.07, 6.45) is 0.507. The molecular formula is C20H50O5Si2. The first kappa shape index (κ1) is 44.9. The second-order valence-electron chi connectivity index (χ2n) is 6.33. The van der Waals surface area contributed by atoms with Crippen LogP contribution in [0.4, 0.5) is 0 Å². The Balaban J connectivity index is -0.000000133. The Morgan fingerprint density at radius 3 is 1.07 bits per heavy atom. The van der Waals surface area contributed by atoms with Gasteiger partial charge >= 0.3 is 11.9 Å². The van der Waals surface area contributed by atoms with E-state index in [1.54, 1.807) is 13.8 Å². The van der Waals surface area contributed by atoms with Crippen LogP contribution in [-0.4, -0.2) is 41.0 Å². The zero-order valence-corrected chi connectivity index (χ0v) is 15.9. The monoisotopic (exact) mass is 426 g/mol. The van der Waals surface area contributed by atoms with E-state index in [1.165, 1.54) is 0 Å². The van der Waals surface area contributed by atoms with Gasteiger partial charge < -0.3 is 13.6 Å². The average molecular weight is 427 g/mol. The van der Waals surface area contributed by atoms with E-state index < -0.39 is 28.6 Å². The molecule has 0 unspecified atom stereocenters. The lowest BCUT2D eigenvalue weighted by Crippen LogP contribution is -2.51. The average Bonchev–Trinajstić information content (AvgIpc) is 2.31. The molecule has 0 aromatic heterocycles. The van der Waals surface area contributed by atoms with Crippen molar-refractivity contribution >= 4 is 28.6 Å². The van der Waals surface area contributed by atoms with Crippen molar-refractivity contribution in [1.29, 1.82) is 0 Å². The van der Waals surface area contributed by atoms with E-state index in [2.05, 4.69) is 13.2 Å². The molecule has 0 rings (SSSR count). The summed E-state index contributed by atoms with van der Waals surface area (Å²) in [4.78, 5) is 22.8. The van der Waals surface area contributed by atoms with Crippen molar-refractivity contribution in [2.24, 2.45) is 0 Å². The highest BCUT2D eigenvalue weighted by atomic mass is 28.4. The molecule has 0 atom stereocenters. The first-order valence-electron chi connectivity index (χ1n) is 6.72. The zero-order valence-electron chi connectivity index (χ0n) is 13.9. The van der Waals surface area contributed by atoms with E-state index >= 15 is 0 Å². The predicted octanol–water partition coefficient (Wildman–Crippen LogP) is 6.55. The summed E-state index contributed by atoms with van der Waals surface area (Å²) >= 11 is 0. The summed E-state index contributed by atoms with van der Waals surface area (Å²) < 4.78 is 16.5. The Kier molecular flexibility index (Phi) is 30.3. The summed E-state index contributed by atoms with van der Waals surface area (Å²) in [5.41, 5.74) is 0.735. The third kappa shape index (κ3) is 21.0. The fourth-order valence-electron chi connectivity index (χ4n) is 1.53. The fourth-order valence-corrected chi connectivity index (χ4v) is 8.94. The molecule has 0 heterocycles. The normalized spacial score (nSPS) is 9.11. The molecule has 168 valence electrons. The molecular weight excluding hydrogens is 376 g/mol. The number of esters is 2. The molecule has 0 aliphatic carbocycles. The van der Waals surface area contributed by atoms with E-state index in [0.29, 0.717) is 11.1 Å². The van der Waals surface area contributed by atoms with Crippen LogP contribution in [0.15, 0.2) is 24.3 Å². The molecule has 0 bridgehead atoms. The van der Waals surface area contributed by atoms with Crippen LogP contribution in [0.1, 0.15) is 58.4 Å². The van der Waals surface area contributed by atoms with E-state index in [9.17, 15) is 9.59 Å². The van der Waals surface area contributed by atoms with Crippen molar-refractivity contribution in [3.63, 3.8) is 0 Å². The quantitative estimate of drug-likeness (QED) is 0.250. The highest BCUT2D eigenvalue weighted by molar-refractivity contribution is 6.84. The van der Waals surface area contributed by atoms with Gasteiger partial charge in [-0.15, -0.1) is 0 Å².